The van der Waals surface area contributed by atoms with E-state index in [1.807, 2.05) is 12.1 Å². The normalized spacial score (nSPS) is 10.9. The van der Waals surface area contributed by atoms with Crippen LogP contribution in [0.4, 0.5) is 10.2 Å². The van der Waals surface area contributed by atoms with Gasteiger partial charge in [-0.15, -0.1) is 0 Å². The fraction of sp³-hybridized carbons (Fsp3) is 0.0769. The van der Waals surface area contributed by atoms with Crippen molar-refractivity contribution in [2.24, 2.45) is 0 Å². The van der Waals surface area contributed by atoms with Crippen LogP contribution >= 0.6 is 11.6 Å². The van der Waals surface area contributed by atoms with Gasteiger partial charge in [-0.05, 0) is 24.3 Å². The second kappa shape index (κ2) is 4.51. The van der Waals surface area contributed by atoms with Crippen LogP contribution in [0.15, 0.2) is 30.3 Å². The van der Waals surface area contributed by atoms with Gasteiger partial charge in [0.05, 0.1) is 16.1 Å². The molecule has 0 saturated carbocycles. The lowest BCUT2D eigenvalue weighted by Crippen LogP contribution is -1.91. The highest BCUT2D eigenvalue weighted by atomic mass is 35.5. The molecule has 2 aromatic heterocycles. The summed E-state index contributed by atoms with van der Waals surface area (Å²) >= 11 is 6.02. The molecule has 96 valence electrons. The molecule has 4 nitrogen and oxygen atoms in total. The summed E-state index contributed by atoms with van der Waals surface area (Å²) in [6.07, 6.45) is 0. The summed E-state index contributed by atoms with van der Waals surface area (Å²) in [6.45, 7) is 0. The number of rotatable bonds is 2. The Bertz CT molecular complexity index is 733. The average Bonchev–Trinajstić information content (AvgIpc) is 2.80. The van der Waals surface area contributed by atoms with Gasteiger partial charge in [0.1, 0.15) is 17.5 Å². The van der Waals surface area contributed by atoms with E-state index >= 15 is 0 Å². The number of aromatic amines is 1. The number of pyridine rings is 1. The highest BCUT2D eigenvalue weighted by molar-refractivity contribution is 6.33. The molecule has 0 fully saturated rings. The number of hydrogen-bond acceptors (Lipinski definition) is 3. The van der Waals surface area contributed by atoms with Crippen LogP contribution in [0.3, 0.4) is 0 Å². The highest BCUT2D eigenvalue weighted by Crippen LogP contribution is 2.29. The third-order valence-corrected chi connectivity index (χ3v) is 3.12. The summed E-state index contributed by atoms with van der Waals surface area (Å²) in [4.78, 5) is 11.6. The van der Waals surface area contributed by atoms with Gasteiger partial charge in [-0.25, -0.2) is 14.4 Å². The molecule has 3 rings (SSSR count). The van der Waals surface area contributed by atoms with Gasteiger partial charge >= 0.3 is 0 Å². The molecular formula is C13H10ClFN4. The molecule has 1 aromatic carbocycles. The van der Waals surface area contributed by atoms with Gasteiger partial charge in [0.2, 0.25) is 0 Å². The minimum atomic E-state index is -0.416. The van der Waals surface area contributed by atoms with Crippen LogP contribution in [0.2, 0.25) is 5.02 Å². The van der Waals surface area contributed by atoms with E-state index in [0.29, 0.717) is 22.3 Å². The van der Waals surface area contributed by atoms with E-state index < -0.39 is 5.82 Å². The molecule has 0 aliphatic rings. The predicted molar refractivity (Wildman–Crippen MR) is 73.8 cm³/mol. The van der Waals surface area contributed by atoms with Crippen LogP contribution in [0.5, 0.6) is 0 Å². The number of hydrogen-bond donors (Lipinski definition) is 2. The molecule has 0 amide bonds. The van der Waals surface area contributed by atoms with E-state index in [0.717, 1.165) is 5.52 Å². The van der Waals surface area contributed by atoms with Crippen molar-refractivity contribution in [3.63, 3.8) is 0 Å². The zero-order valence-electron chi connectivity index (χ0n) is 10.0. The number of aromatic nitrogens is 3. The summed E-state index contributed by atoms with van der Waals surface area (Å²) in [6, 6.07) is 8.17. The van der Waals surface area contributed by atoms with Gasteiger partial charge in [0.25, 0.3) is 0 Å². The molecule has 0 atom stereocenters. The van der Waals surface area contributed by atoms with Crippen molar-refractivity contribution in [2.45, 2.75) is 0 Å². The largest absolute Gasteiger partial charge is 0.373 e. The first-order chi connectivity index (χ1) is 9.19. The van der Waals surface area contributed by atoms with E-state index in [2.05, 4.69) is 20.3 Å². The molecule has 19 heavy (non-hydrogen) atoms. The minimum Gasteiger partial charge on any atom is -0.373 e. The summed E-state index contributed by atoms with van der Waals surface area (Å²) in [5.74, 6) is 0.657. The quantitative estimate of drug-likeness (QED) is 0.754. The van der Waals surface area contributed by atoms with Gasteiger partial charge in [0.15, 0.2) is 5.65 Å². The number of fused-ring (bicyclic) bond motifs is 1. The number of benzene rings is 1. The molecule has 0 spiro atoms. The Morgan fingerprint density at radius 2 is 2.05 bits per heavy atom. The molecule has 0 bridgehead atoms. The molecule has 0 aliphatic heterocycles. The first-order valence-electron chi connectivity index (χ1n) is 5.68. The molecule has 0 saturated heterocycles. The number of nitrogens with one attached hydrogen (secondary N) is 2. The maximum Gasteiger partial charge on any atom is 0.180 e. The van der Waals surface area contributed by atoms with Crippen LogP contribution in [-0.2, 0) is 0 Å². The van der Waals surface area contributed by atoms with Crippen LogP contribution in [0, 0.1) is 5.82 Å². The van der Waals surface area contributed by atoms with Gasteiger partial charge < -0.3 is 10.3 Å². The number of halogens is 2. The number of H-pyrrole nitrogens is 1. The lowest BCUT2D eigenvalue weighted by Gasteiger charge is -2.01. The zero-order valence-corrected chi connectivity index (χ0v) is 10.8. The molecule has 2 heterocycles. The van der Waals surface area contributed by atoms with E-state index in [4.69, 9.17) is 11.6 Å². The van der Waals surface area contributed by atoms with Crippen LogP contribution in [0.1, 0.15) is 0 Å². The van der Waals surface area contributed by atoms with Crippen LogP contribution < -0.4 is 5.32 Å². The average molecular weight is 277 g/mol. The van der Waals surface area contributed by atoms with Gasteiger partial charge in [0, 0.05) is 7.05 Å². The molecule has 0 unspecified atom stereocenters. The second-order valence-corrected chi connectivity index (χ2v) is 4.41. The summed E-state index contributed by atoms with van der Waals surface area (Å²) < 4.78 is 13.8. The van der Waals surface area contributed by atoms with Crippen molar-refractivity contribution in [3.8, 4) is 11.4 Å². The Morgan fingerprint density at radius 3 is 2.79 bits per heavy atom. The standard InChI is InChI=1S/C13H10ClFN4/c1-16-10-6-5-9-12(18-10)19-13(17-9)11-7(14)3-2-4-8(11)15/h2-6H,1H3,(H2,16,17,18,19). The smallest absolute Gasteiger partial charge is 0.180 e. The van der Waals surface area contributed by atoms with Crippen molar-refractivity contribution < 1.29 is 4.39 Å². The van der Waals surface area contributed by atoms with Crippen molar-refractivity contribution in [2.75, 3.05) is 12.4 Å². The van der Waals surface area contributed by atoms with E-state index in [-0.39, 0.29) is 5.56 Å². The van der Waals surface area contributed by atoms with Gasteiger partial charge in [-0.2, -0.15) is 0 Å². The predicted octanol–water partition coefficient (Wildman–Crippen LogP) is 3.46. The lowest BCUT2D eigenvalue weighted by molar-refractivity contribution is 0.630. The highest BCUT2D eigenvalue weighted by Gasteiger charge is 2.14. The summed E-state index contributed by atoms with van der Waals surface area (Å²) in [5.41, 5.74) is 1.50. The minimum absolute atomic E-state index is 0.258. The maximum absolute atomic E-state index is 13.8. The molecule has 3 aromatic rings. The van der Waals surface area contributed by atoms with E-state index in [1.165, 1.54) is 6.07 Å². The Kier molecular flexibility index (Phi) is 2.83. The molecule has 0 radical (unpaired) electrons. The van der Waals surface area contributed by atoms with Crippen LogP contribution in [0.25, 0.3) is 22.6 Å². The van der Waals surface area contributed by atoms with E-state index in [1.54, 1.807) is 19.2 Å². The van der Waals surface area contributed by atoms with Crippen molar-refractivity contribution in [3.05, 3.63) is 41.2 Å². The summed E-state index contributed by atoms with van der Waals surface area (Å²) in [5, 5.41) is 3.24. The Labute approximate surface area is 113 Å². The number of nitrogens with zero attached hydrogens (tertiary/aromatic N) is 2. The van der Waals surface area contributed by atoms with Gasteiger partial charge in [-0.1, -0.05) is 17.7 Å². The van der Waals surface area contributed by atoms with Crippen molar-refractivity contribution in [1.82, 2.24) is 15.0 Å². The van der Waals surface area contributed by atoms with Gasteiger partial charge in [-0.3, -0.25) is 0 Å². The summed E-state index contributed by atoms with van der Waals surface area (Å²) in [7, 11) is 1.77. The van der Waals surface area contributed by atoms with Crippen LogP contribution in [-0.4, -0.2) is 22.0 Å². The molecule has 6 heteroatoms. The lowest BCUT2D eigenvalue weighted by atomic mass is 10.2. The maximum atomic E-state index is 13.8. The Balaban J connectivity index is 2.21. The third kappa shape index (κ3) is 2.02. The van der Waals surface area contributed by atoms with Crippen molar-refractivity contribution in [1.29, 1.82) is 0 Å². The number of anilines is 1. The van der Waals surface area contributed by atoms with E-state index in [9.17, 15) is 4.39 Å². The molecule has 0 aliphatic carbocycles. The molecule has 2 N–H and O–H groups in total. The third-order valence-electron chi connectivity index (χ3n) is 2.80. The first kappa shape index (κ1) is 11.9. The first-order valence-corrected chi connectivity index (χ1v) is 6.06. The molecular weight excluding hydrogens is 267 g/mol. The second-order valence-electron chi connectivity index (χ2n) is 4.00. The monoisotopic (exact) mass is 276 g/mol. The Hall–Kier alpha value is -2.14. The van der Waals surface area contributed by atoms with Crippen molar-refractivity contribution >= 4 is 28.6 Å². The zero-order chi connectivity index (χ0) is 13.4. The Morgan fingerprint density at radius 1 is 1.21 bits per heavy atom. The number of imidazole rings is 1. The fourth-order valence-corrected chi connectivity index (χ4v) is 2.13. The fourth-order valence-electron chi connectivity index (χ4n) is 1.87. The topological polar surface area (TPSA) is 53.6 Å². The SMILES string of the molecule is CNc1ccc2[nH]c(-c3c(F)cccc3Cl)nc2n1.